The van der Waals surface area contributed by atoms with Crippen LogP contribution in [0.3, 0.4) is 0 Å². The van der Waals surface area contributed by atoms with Gasteiger partial charge in [-0.1, -0.05) is 6.92 Å². The predicted octanol–water partition coefficient (Wildman–Crippen LogP) is 0.966. The van der Waals surface area contributed by atoms with Crippen LogP contribution in [0.2, 0.25) is 0 Å². The van der Waals surface area contributed by atoms with Crippen LogP contribution >= 0.6 is 0 Å². The number of hydrogen-bond donors (Lipinski definition) is 1. The van der Waals surface area contributed by atoms with Crippen molar-refractivity contribution in [3.63, 3.8) is 0 Å². The van der Waals surface area contributed by atoms with Crippen LogP contribution in [0.4, 0.5) is 0 Å². The Bertz CT molecular complexity index is 432. The van der Waals surface area contributed by atoms with Gasteiger partial charge in [0.25, 0.3) is 5.91 Å². The molecule has 1 amide bonds. The van der Waals surface area contributed by atoms with Crippen molar-refractivity contribution in [2.45, 2.75) is 13.8 Å². The van der Waals surface area contributed by atoms with Gasteiger partial charge in [0.05, 0.1) is 5.56 Å². The summed E-state index contributed by atoms with van der Waals surface area (Å²) in [5, 5.41) is 2.80. The summed E-state index contributed by atoms with van der Waals surface area (Å²) < 4.78 is 0. The topological polar surface area (TPSA) is 62.3 Å². The first-order valence-electron chi connectivity index (χ1n) is 5.98. The molecular formula is C13H19N3O2. The lowest BCUT2D eigenvalue weighted by molar-refractivity contribution is 0.0935. The summed E-state index contributed by atoms with van der Waals surface area (Å²) in [6.45, 7) is 5.76. The van der Waals surface area contributed by atoms with Crippen LogP contribution in [-0.2, 0) is 0 Å². The van der Waals surface area contributed by atoms with Gasteiger partial charge in [0.15, 0.2) is 5.78 Å². The second-order valence-electron chi connectivity index (χ2n) is 4.13. The number of carbonyl (C=O) groups excluding carboxylic acids is 2. The van der Waals surface area contributed by atoms with Gasteiger partial charge in [-0.15, -0.1) is 0 Å². The quantitative estimate of drug-likeness (QED) is 0.763. The number of nitrogens with zero attached hydrogens (tertiary/aromatic N) is 2. The normalized spacial score (nSPS) is 10.4. The third-order valence-corrected chi connectivity index (χ3v) is 2.76. The van der Waals surface area contributed by atoms with E-state index in [2.05, 4.69) is 22.1 Å². The molecule has 18 heavy (non-hydrogen) atoms. The van der Waals surface area contributed by atoms with Crippen LogP contribution in [0.15, 0.2) is 18.5 Å². The summed E-state index contributed by atoms with van der Waals surface area (Å²) >= 11 is 0. The zero-order valence-corrected chi connectivity index (χ0v) is 11.1. The number of hydrogen-bond acceptors (Lipinski definition) is 4. The van der Waals surface area contributed by atoms with E-state index in [1.165, 1.54) is 19.3 Å². The Morgan fingerprint density at radius 3 is 2.72 bits per heavy atom. The predicted molar refractivity (Wildman–Crippen MR) is 69.7 cm³/mol. The molecule has 0 bridgehead atoms. The first-order valence-corrected chi connectivity index (χ1v) is 5.98. The molecule has 0 aliphatic rings. The van der Waals surface area contributed by atoms with Gasteiger partial charge in [-0.25, -0.2) is 0 Å². The molecule has 5 nitrogen and oxygen atoms in total. The Labute approximate surface area is 107 Å². The Morgan fingerprint density at radius 2 is 2.11 bits per heavy atom. The van der Waals surface area contributed by atoms with Crippen LogP contribution in [0.1, 0.15) is 34.6 Å². The van der Waals surface area contributed by atoms with Crippen molar-refractivity contribution in [3.8, 4) is 0 Å². The number of nitrogens with one attached hydrogen (secondary N) is 1. The number of Topliss-reactive ketones (excluding diaryl/α,β-unsaturated/α-hetero) is 1. The van der Waals surface area contributed by atoms with Crippen molar-refractivity contribution in [1.82, 2.24) is 15.2 Å². The van der Waals surface area contributed by atoms with Gasteiger partial charge in [0, 0.05) is 31.0 Å². The summed E-state index contributed by atoms with van der Waals surface area (Å²) in [4.78, 5) is 29.3. The Morgan fingerprint density at radius 1 is 1.39 bits per heavy atom. The lowest BCUT2D eigenvalue weighted by atomic mass is 10.1. The summed E-state index contributed by atoms with van der Waals surface area (Å²) in [6, 6.07) is 1.57. The number of aromatic nitrogens is 1. The van der Waals surface area contributed by atoms with Crippen LogP contribution < -0.4 is 5.32 Å². The van der Waals surface area contributed by atoms with Gasteiger partial charge in [0.2, 0.25) is 0 Å². The second kappa shape index (κ2) is 6.86. The molecule has 1 rings (SSSR count). The fraction of sp³-hybridized carbons (Fsp3) is 0.462. The molecule has 0 atom stereocenters. The maximum absolute atomic E-state index is 11.9. The lowest BCUT2D eigenvalue weighted by Gasteiger charge is -2.14. The maximum Gasteiger partial charge on any atom is 0.252 e. The van der Waals surface area contributed by atoms with Crippen LogP contribution in [0.5, 0.6) is 0 Å². The second-order valence-corrected chi connectivity index (χ2v) is 4.13. The monoisotopic (exact) mass is 249 g/mol. The highest BCUT2D eigenvalue weighted by Gasteiger charge is 2.13. The zero-order valence-electron chi connectivity index (χ0n) is 11.1. The molecule has 1 N–H and O–H groups in total. The molecule has 5 heteroatoms. The van der Waals surface area contributed by atoms with E-state index in [-0.39, 0.29) is 11.7 Å². The highest BCUT2D eigenvalue weighted by molar-refractivity contribution is 6.06. The third-order valence-electron chi connectivity index (χ3n) is 2.76. The molecule has 1 aromatic heterocycles. The SMILES string of the molecule is CCN(C)CCNC(=O)c1ccncc1C(C)=O. The van der Waals surface area contributed by atoms with E-state index in [0.29, 0.717) is 17.7 Å². The summed E-state index contributed by atoms with van der Waals surface area (Å²) in [7, 11) is 1.99. The highest BCUT2D eigenvalue weighted by Crippen LogP contribution is 2.07. The summed E-state index contributed by atoms with van der Waals surface area (Å²) in [6.07, 6.45) is 2.94. The van der Waals surface area contributed by atoms with E-state index in [1.807, 2.05) is 7.05 Å². The molecule has 0 fully saturated rings. The molecule has 1 aromatic rings. The Hall–Kier alpha value is -1.75. The maximum atomic E-state index is 11.9. The van der Waals surface area contributed by atoms with Gasteiger partial charge >= 0.3 is 0 Å². The minimum Gasteiger partial charge on any atom is -0.351 e. The third kappa shape index (κ3) is 3.92. The minimum absolute atomic E-state index is 0.154. The molecular weight excluding hydrogens is 230 g/mol. The van der Waals surface area contributed by atoms with Crippen LogP contribution in [-0.4, -0.2) is 48.3 Å². The van der Waals surface area contributed by atoms with Crippen LogP contribution in [0.25, 0.3) is 0 Å². The molecule has 0 saturated heterocycles. The van der Waals surface area contributed by atoms with E-state index in [0.717, 1.165) is 13.1 Å². The number of amides is 1. The van der Waals surface area contributed by atoms with Crippen LogP contribution in [0, 0.1) is 0 Å². The average Bonchev–Trinajstić information content (AvgIpc) is 2.38. The van der Waals surface area contributed by atoms with Crippen molar-refractivity contribution < 1.29 is 9.59 Å². The molecule has 0 aliphatic carbocycles. The van der Waals surface area contributed by atoms with Gasteiger partial charge < -0.3 is 10.2 Å². The molecule has 0 aliphatic heterocycles. The van der Waals surface area contributed by atoms with E-state index < -0.39 is 0 Å². The number of likely N-dealkylation sites (N-methyl/N-ethyl adjacent to an activating group) is 1. The molecule has 0 unspecified atom stereocenters. The fourth-order valence-electron chi connectivity index (χ4n) is 1.49. The number of ketones is 1. The first kappa shape index (κ1) is 14.3. The molecule has 0 radical (unpaired) electrons. The first-order chi connectivity index (χ1) is 8.56. The molecule has 1 heterocycles. The molecule has 0 spiro atoms. The smallest absolute Gasteiger partial charge is 0.252 e. The molecule has 0 aromatic carbocycles. The average molecular weight is 249 g/mol. The van der Waals surface area contributed by atoms with Gasteiger partial charge in [-0.05, 0) is 26.6 Å². The Kier molecular flexibility index (Phi) is 5.45. The van der Waals surface area contributed by atoms with Crippen molar-refractivity contribution in [2.75, 3.05) is 26.7 Å². The van der Waals surface area contributed by atoms with Crippen molar-refractivity contribution >= 4 is 11.7 Å². The van der Waals surface area contributed by atoms with E-state index in [9.17, 15) is 9.59 Å². The summed E-state index contributed by atoms with van der Waals surface area (Å²) in [5.74, 6) is -0.383. The lowest BCUT2D eigenvalue weighted by Crippen LogP contribution is -2.33. The van der Waals surface area contributed by atoms with Crippen molar-refractivity contribution in [1.29, 1.82) is 0 Å². The van der Waals surface area contributed by atoms with Gasteiger partial charge in [0.1, 0.15) is 0 Å². The largest absolute Gasteiger partial charge is 0.351 e. The standard InChI is InChI=1S/C13H19N3O2/c1-4-16(3)8-7-15-13(18)11-5-6-14-9-12(11)10(2)17/h5-6,9H,4,7-8H2,1-3H3,(H,15,18). The number of rotatable bonds is 6. The van der Waals surface area contributed by atoms with E-state index in [1.54, 1.807) is 6.07 Å². The van der Waals surface area contributed by atoms with Crippen molar-refractivity contribution in [2.24, 2.45) is 0 Å². The zero-order chi connectivity index (χ0) is 13.5. The number of carbonyl (C=O) groups is 2. The van der Waals surface area contributed by atoms with Gasteiger partial charge in [-0.3, -0.25) is 14.6 Å². The molecule has 98 valence electrons. The van der Waals surface area contributed by atoms with Gasteiger partial charge in [-0.2, -0.15) is 0 Å². The minimum atomic E-state index is -0.230. The van der Waals surface area contributed by atoms with E-state index in [4.69, 9.17) is 0 Å². The summed E-state index contributed by atoms with van der Waals surface area (Å²) in [5.41, 5.74) is 0.746. The Balaban J connectivity index is 2.64. The van der Waals surface area contributed by atoms with E-state index >= 15 is 0 Å². The molecule has 0 saturated carbocycles. The highest BCUT2D eigenvalue weighted by atomic mass is 16.2. The fourth-order valence-corrected chi connectivity index (χ4v) is 1.49. The number of pyridine rings is 1. The van der Waals surface area contributed by atoms with Crippen molar-refractivity contribution in [3.05, 3.63) is 29.6 Å².